The first-order valence-corrected chi connectivity index (χ1v) is 6.85. The first kappa shape index (κ1) is 9.85. The maximum absolute atomic E-state index is 3.85. The van der Waals surface area contributed by atoms with Gasteiger partial charge in [-0.2, -0.15) is 11.8 Å². The predicted molar refractivity (Wildman–Crippen MR) is 60.3 cm³/mol. The minimum absolute atomic E-state index is 0.829. The normalized spacial score (nSPS) is 40.8. The number of hydrogen-bond donors (Lipinski definition) is 1. The summed E-state index contributed by atoms with van der Waals surface area (Å²) < 4.78 is 0. The lowest BCUT2D eigenvalue weighted by Crippen LogP contribution is -2.43. The van der Waals surface area contributed by atoms with Crippen molar-refractivity contribution in [1.29, 1.82) is 0 Å². The van der Waals surface area contributed by atoms with Crippen LogP contribution in [0, 0.1) is 5.92 Å². The van der Waals surface area contributed by atoms with Crippen LogP contribution in [0.25, 0.3) is 0 Å². The van der Waals surface area contributed by atoms with Gasteiger partial charge in [0.2, 0.25) is 0 Å². The van der Waals surface area contributed by atoms with Crippen molar-refractivity contribution in [3.63, 3.8) is 0 Å². The van der Waals surface area contributed by atoms with Crippen molar-refractivity contribution < 1.29 is 0 Å². The summed E-state index contributed by atoms with van der Waals surface area (Å²) >= 11 is 2.11. The van der Waals surface area contributed by atoms with Crippen LogP contribution in [0.3, 0.4) is 0 Å². The second-order valence-electron chi connectivity index (χ2n) is 4.60. The van der Waals surface area contributed by atoms with Crippen LogP contribution in [0.5, 0.6) is 0 Å². The Morgan fingerprint density at radius 1 is 1.15 bits per heavy atom. The monoisotopic (exact) mass is 199 g/mol. The smallest absolute Gasteiger partial charge is 0.0168 e. The maximum atomic E-state index is 3.85. The Labute approximate surface area is 86.0 Å². The number of hydrogen-bond acceptors (Lipinski definition) is 2. The maximum Gasteiger partial charge on any atom is 0.0168 e. The summed E-state index contributed by atoms with van der Waals surface area (Å²) in [4.78, 5) is 0. The van der Waals surface area contributed by atoms with Crippen LogP contribution in [0.15, 0.2) is 0 Å². The zero-order valence-electron chi connectivity index (χ0n) is 8.59. The molecule has 0 aromatic rings. The van der Waals surface area contributed by atoms with Gasteiger partial charge < -0.3 is 5.32 Å². The fraction of sp³-hybridized carbons (Fsp3) is 1.00. The Balaban J connectivity index is 1.78. The molecule has 2 rings (SSSR count). The molecule has 1 N–H and O–H groups in total. The van der Waals surface area contributed by atoms with Crippen molar-refractivity contribution in [3.05, 3.63) is 0 Å². The highest BCUT2D eigenvalue weighted by Crippen LogP contribution is 2.26. The van der Waals surface area contributed by atoms with Gasteiger partial charge in [-0.05, 0) is 30.9 Å². The highest BCUT2D eigenvalue weighted by molar-refractivity contribution is 7.99. The standard InChI is InChI=1S/C11H21NS/c1-9-4-2-3-5-11(9)12-10-6-7-13-8-10/h9-12H,2-8H2,1H3/t9-,10+,11+/m1/s1. The Morgan fingerprint density at radius 2 is 2.00 bits per heavy atom. The van der Waals surface area contributed by atoms with Crippen molar-refractivity contribution in [2.45, 2.75) is 51.1 Å². The molecular formula is C11H21NS. The summed E-state index contributed by atoms with van der Waals surface area (Å²) in [5, 5.41) is 3.85. The number of rotatable bonds is 2. The lowest BCUT2D eigenvalue weighted by atomic mass is 9.85. The van der Waals surface area contributed by atoms with Crippen molar-refractivity contribution in [1.82, 2.24) is 5.32 Å². The van der Waals surface area contributed by atoms with Gasteiger partial charge in [0.15, 0.2) is 0 Å². The quantitative estimate of drug-likeness (QED) is 0.734. The summed E-state index contributed by atoms with van der Waals surface area (Å²) in [7, 11) is 0. The van der Waals surface area contributed by atoms with Gasteiger partial charge in [0, 0.05) is 17.8 Å². The van der Waals surface area contributed by atoms with Gasteiger partial charge >= 0.3 is 0 Å². The topological polar surface area (TPSA) is 12.0 Å². The van der Waals surface area contributed by atoms with Crippen LogP contribution >= 0.6 is 11.8 Å². The number of nitrogens with one attached hydrogen (secondary N) is 1. The van der Waals surface area contributed by atoms with E-state index < -0.39 is 0 Å². The largest absolute Gasteiger partial charge is 0.310 e. The van der Waals surface area contributed by atoms with E-state index in [1.165, 1.54) is 43.6 Å². The summed E-state index contributed by atoms with van der Waals surface area (Å²) in [6.07, 6.45) is 7.16. The minimum Gasteiger partial charge on any atom is -0.310 e. The number of thioether (sulfide) groups is 1. The molecule has 0 unspecified atom stereocenters. The van der Waals surface area contributed by atoms with Gasteiger partial charge in [-0.25, -0.2) is 0 Å². The molecule has 1 heterocycles. The van der Waals surface area contributed by atoms with Gasteiger partial charge in [-0.15, -0.1) is 0 Å². The third-order valence-electron chi connectivity index (χ3n) is 3.49. The van der Waals surface area contributed by atoms with Crippen LogP contribution in [0.1, 0.15) is 39.0 Å². The van der Waals surface area contributed by atoms with Crippen molar-refractivity contribution in [2.75, 3.05) is 11.5 Å². The van der Waals surface area contributed by atoms with E-state index in [1.54, 1.807) is 0 Å². The van der Waals surface area contributed by atoms with Crippen LogP contribution in [-0.2, 0) is 0 Å². The molecule has 1 aliphatic heterocycles. The van der Waals surface area contributed by atoms with E-state index in [0.29, 0.717) is 0 Å². The molecule has 1 nitrogen and oxygen atoms in total. The van der Waals surface area contributed by atoms with Gasteiger partial charge in [-0.1, -0.05) is 19.8 Å². The Hall–Kier alpha value is 0.310. The van der Waals surface area contributed by atoms with Crippen LogP contribution in [0.4, 0.5) is 0 Å². The van der Waals surface area contributed by atoms with Crippen molar-refractivity contribution in [2.24, 2.45) is 5.92 Å². The molecule has 0 radical (unpaired) electrons. The van der Waals surface area contributed by atoms with E-state index in [-0.39, 0.29) is 0 Å². The summed E-state index contributed by atoms with van der Waals surface area (Å²) in [6, 6.07) is 1.66. The molecule has 0 bridgehead atoms. The van der Waals surface area contributed by atoms with Crippen LogP contribution in [0.2, 0.25) is 0 Å². The van der Waals surface area contributed by atoms with E-state index in [0.717, 1.165) is 18.0 Å². The van der Waals surface area contributed by atoms with Gasteiger partial charge in [0.25, 0.3) is 0 Å². The molecule has 0 spiro atoms. The molecule has 0 amide bonds. The van der Waals surface area contributed by atoms with Gasteiger partial charge in [-0.3, -0.25) is 0 Å². The first-order chi connectivity index (χ1) is 6.36. The molecule has 0 aromatic carbocycles. The van der Waals surface area contributed by atoms with Crippen LogP contribution in [-0.4, -0.2) is 23.6 Å². The third kappa shape index (κ3) is 2.63. The van der Waals surface area contributed by atoms with Gasteiger partial charge in [0.05, 0.1) is 0 Å². The van der Waals surface area contributed by atoms with E-state index in [1.807, 2.05) is 0 Å². The molecule has 1 saturated carbocycles. The third-order valence-corrected chi connectivity index (χ3v) is 4.65. The Kier molecular flexibility index (Phi) is 3.56. The van der Waals surface area contributed by atoms with E-state index >= 15 is 0 Å². The molecule has 2 heteroatoms. The molecule has 13 heavy (non-hydrogen) atoms. The van der Waals surface area contributed by atoms with Crippen molar-refractivity contribution >= 4 is 11.8 Å². The van der Waals surface area contributed by atoms with Crippen LogP contribution < -0.4 is 5.32 Å². The summed E-state index contributed by atoms with van der Waals surface area (Å²) in [5.74, 6) is 3.64. The second-order valence-corrected chi connectivity index (χ2v) is 5.75. The SMILES string of the molecule is C[C@@H]1CCCC[C@@H]1N[C@H]1CCSC1. The van der Waals surface area contributed by atoms with E-state index in [9.17, 15) is 0 Å². The zero-order chi connectivity index (χ0) is 9.10. The van der Waals surface area contributed by atoms with Crippen molar-refractivity contribution in [3.8, 4) is 0 Å². The van der Waals surface area contributed by atoms with E-state index in [4.69, 9.17) is 0 Å². The highest BCUT2D eigenvalue weighted by atomic mass is 32.2. The second kappa shape index (κ2) is 4.70. The average molecular weight is 199 g/mol. The first-order valence-electron chi connectivity index (χ1n) is 5.70. The fourth-order valence-electron chi connectivity index (χ4n) is 2.53. The molecule has 2 aliphatic rings. The molecule has 1 saturated heterocycles. The Morgan fingerprint density at radius 3 is 2.69 bits per heavy atom. The fourth-order valence-corrected chi connectivity index (χ4v) is 3.70. The lowest BCUT2D eigenvalue weighted by Gasteiger charge is -2.31. The molecule has 2 fully saturated rings. The minimum atomic E-state index is 0.829. The lowest BCUT2D eigenvalue weighted by molar-refractivity contribution is 0.264. The van der Waals surface area contributed by atoms with Gasteiger partial charge in [0.1, 0.15) is 0 Å². The molecule has 3 atom stereocenters. The zero-order valence-corrected chi connectivity index (χ0v) is 9.41. The summed E-state index contributed by atoms with van der Waals surface area (Å²) in [6.45, 7) is 2.42. The summed E-state index contributed by atoms with van der Waals surface area (Å²) in [5.41, 5.74) is 0. The van der Waals surface area contributed by atoms with E-state index in [2.05, 4.69) is 24.0 Å². The average Bonchev–Trinajstić information content (AvgIpc) is 2.61. The highest BCUT2D eigenvalue weighted by Gasteiger charge is 2.25. The molecule has 0 aromatic heterocycles. The molecule has 76 valence electrons. The predicted octanol–water partition coefficient (Wildman–Crippen LogP) is 2.66. The molecular weight excluding hydrogens is 178 g/mol. The molecule has 1 aliphatic carbocycles. The Bertz CT molecular complexity index is 154.